The van der Waals surface area contributed by atoms with Crippen LogP contribution in [0.3, 0.4) is 0 Å². The van der Waals surface area contributed by atoms with Gasteiger partial charge in [-0.25, -0.2) is 0 Å². The SMILES string of the molecule is Cc1cc(C(F)(F)F)n(C)n1.Cc1cnn(C)c1.Cn1cc(O)c(Cl)n1. The van der Waals surface area contributed by atoms with E-state index in [1.54, 1.807) is 11.7 Å². The monoisotopic (exact) mass is 392 g/mol. The Hall–Kier alpha value is -2.49. The average Bonchev–Trinajstić information content (AvgIpc) is 3.12. The van der Waals surface area contributed by atoms with E-state index in [9.17, 15) is 13.2 Å². The number of aromatic hydroxyl groups is 1. The van der Waals surface area contributed by atoms with Crippen LogP contribution in [-0.2, 0) is 27.3 Å². The Kier molecular flexibility index (Phi) is 7.25. The zero-order valence-electron chi connectivity index (χ0n) is 15.0. The van der Waals surface area contributed by atoms with Gasteiger partial charge in [-0.2, -0.15) is 28.5 Å². The fourth-order valence-corrected chi connectivity index (χ4v) is 2.04. The molecular formula is C15H20ClF3N6O. The molecule has 0 bridgehead atoms. The first-order chi connectivity index (χ1) is 11.9. The number of halogens is 4. The van der Waals surface area contributed by atoms with Gasteiger partial charge in [-0.3, -0.25) is 14.0 Å². The number of alkyl halides is 3. The van der Waals surface area contributed by atoms with Gasteiger partial charge in [0.15, 0.2) is 10.9 Å². The molecule has 0 radical (unpaired) electrons. The number of aryl methyl sites for hydroxylation is 5. The van der Waals surface area contributed by atoms with Gasteiger partial charge >= 0.3 is 6.18 Å². The van der Waals surface area contributed by atoms with Crippen LogP contribution in [0.15, 0.2) is 24.7 Å². The van der Waals surface area contributed by atoms with Crippen molar-refractivity contribution in [3.05, 3.63) is 46.8 Å². The molecule has 0 aliphatic heterocycles. The second kappa shape index (κ2) is 8.75. The Morgan fingerprint density at radius 1 is 1.04 bits per heavy atom. The maximum atomic E-state index is 12.0. The molecule has 0 unspecified atom stereocenters. The summed E-state index contributed by atoms with van der Waals surface area (Å²) in [5.41, 5.74) is 0.873. The van der Waals surface area contributed by atoms with Crippen LogP contribution in [0.4, 0.5) is 13.2 Å². The number of hydrogen-bond donors (Lipinski definition) is 1. The van der Waals surface area contributed by atoms with Gasteiger partial charge in [-0.15, -0.1) is 0 Å². The summed E-state index contributed by atoms with van der Waals surface area (Å²) in [6.07, 6.45) is 0.943. The van der Waals surface area contributed by atoms with E-state index in [2.05, 4.69) is 15.3 Å². The van der Waals surface area contributed by atoms with Crippen molar-refractivity contribution in [2.45, 2.75) is 20.0 Å². The van der Waals surface area contributed by atoms with Crippen molar-refractivity contribution < 1.29 is 18.3 Å². The Morgan fingerprint density at radius 2 is 1.65 bits per heavy atom. The van der Waals surface area contributed by atoms with Crippen LogP contribution in [-0.4, -0.2) is 34.4 Å². The van der Waals surface area contributed by atoms with Crippen LogP contribution in [0.25, 0.3) is 0 Å². The van der Waals surface area contributed by atoms with Crippen molar-refractivity contribution in [2.75, 3.05) is 0 Å². The molecule has 3 rings (SSSR count). The van der Waals surface area contributed by atoms with Crippen LogP contribution in [0.2, 0.25) is 5.15 Å². The van der Waals surface area contributed by atoms with E-state index in [0.717, 1.165) is 10.7 Å². The highest BCUT2D eigenvalue weighted by molar-refractivity contribution is 6.30. The minimum Gasteiger partial charge on any atom is -0.504 e. The first kappa shape index (κ1) is 21.6. The largest absolute Gasteiger partial charge is 0.504 e. The van der Waals surface area contributed by atoms with E-state index in [-0.39, 0.29) is 10.9 Å². The summed E-state index contributed by atoms with van der Waals surface area (Å²) in [5, 5.41) is 20.0. The third kappa shape index (κ3) is 6.79. The molecule has 0 spiro atoms. The first-order valence-electron chi connectivity index (χ1n) is 7.31. The maximum absolute atomic E-state index is 12.0. The standard InChI is InChI=1S/C6H7F3N2.C5H8N2.C4H5ClN2O/c1-4-3-5(6(7,8)9)11(2)10-4;1-5-3-6-7(2)4-5;1-7-2-3(8)4(5)6-7/h3H,1-2H3;3-4H,1-2H3;2,8H,1H3. The van der Waals surface area contributed by atoms with Gasteiger partial charge in [0.05, 0.1) is 18.1 Å². The van der Waals surface area contributed by atoms with E-state index in [4.69, 9.17) is 16.7 Å². The molecule has 3 aromatic rings. The summed E-state index contributed by atoms with van der Waals surface area (Å²) in [4.78, 5) is 0. The second-order valence-electron chi connectivity index (χ2n) is 5.46. The summed E-state index contributed by atoms with van der Waals surface area (Å²) < 4.78 is 40.1. The predicted octanol–water partition coefficient (Wildman–Crippen LogP) is 3.25. The molecule has 0 saturated heterocycles. The van der Waals surface area contributed by atoms with Crippen molar-refractivity contribution in [3.63, 3.8) is 0 Å². The molecule has 26 heavy (non-hydrogen) atoms. The quantitative estimate of drug-likeness (QED) is 0.637. The lowest BCUT2D eigenvalue weighted by Crippen LogP contribution is -2.11. The summed E-state index contributed by atoms with van der Waals surface area (Å²) in [6.45, 7) is 3.54. The molecule has 0 fully saturated rings. The summed E-state index contributed by atoms with van der Waals surface area (Å²) >= 11 is 5.35. The van der Waals surface area contributed by atoms with Crippen molar-refractivity contribution in [3.8, 4) is 5.75 Å². The van der Waals surface area contributed by atoms with E-state index in [1.165, 1.54) is 30.4 Å². The topological polar surface area (TPSA) is 73.7 Å². The third-order valence-electron chi connectivity index (χ3n) is 2.89. The molecule has 0 aromatic carbocycles. The zero-order valence-corrected chi connectivity index (χ0v) is 15.7. The van der Waals surface area contributed by atoms with E-state index in [0.29, 0.717) is 5.69 Å². The number of rotatable bonds is 0. The fourth-order valence-electron chi connectivity index (χ4n) is 1.87. The molecule has 1 N–H and O–H groups in total. The van der Waals surface area contributed by atoms with Gasteiger partial charge in [0, 0.05) is 27.3 Å². The zero-order chi connectivity index (χ0) is 20.1. The molecule has 0 saturated carbocycles. The summed E-state index contributed by atoms with van der Waals surface area (Å²) in [6, 6.07) is 1.01. The lowest BCUT2D eigenvalue weighted by atomic mass is 10.4. The lowest BCUT2D eigenvalue weighted by molar-refractivity contribution is -0.143. The van der Waals surface area contributed by atoms with Gasteiger partial charge in [0.2, 0.25) is 0 Å². The van der Waals surface area contributed by atoms with Gasteiger partial charge < -0.3 is 5.11 Å². The van der Waals surface area contributed by atoms with Gasteiger partial charge in [0.25, 0.3) is 0 Å². The Bertz CT molecular complexity index is 801. The molecule has 11 heteroatoms. The molecule has 3 heterocycles. The predicted molar refractivity (Wildman–Crippen MR) is 90.8 cm³/mol. The van der Waals surface area contributed by atoms with E-state index in [1.807, 2.05) is 26.4 Å². The smallest absolute Gasteiger partial charge is 0.433 e. The average molecular weight is 393 g/mol. The molecule has 0 aliphatic rings. The molecule has 3 aromatic heterocycles. The highest BCUT2D eigenvalue weighted by atomic mass is 35.5. The normalized spacial score (nSPS) is 10.7. The van der Waals surface area contributed by atoms with Gasteiger partial charge in [-0.1, -0.05) is 11.6 Å². The third-order valence-corrected chi connectivity index (χ3v) is 3.16. The van der Waals surface area contributed by atoms with Gasteiger partial charge in [0.1, 0.15) is 5.69 Å². The second-order valence-corrected chi connectivity index (χ2v) is 5.82. The Labute approximate surface area is 153 Å². The number of nitrogens with zero attached hydrogens (tertiary/aromatic N) is 6. The van der Waals surface area contributed by atoms with Crippen molar-refractivity contribution in [1.82, 2.24) is 29.3 Å². The molecule has 0 aliphatic carbocycles. The molecular weight excluding hydrogens is 373 g/mol. The minimum absolute atomic E-state index is 0.0224. The molecule has 7 nitrogen and oxygen atoms in total. The summed E-state index contributed by atoms with van der Waals surface area (Å²) in [7, 11) is 4.87. The number of hydrogen-bond acceptors (Lipinski definition) is 4. The van der Waals surface area contributed by atoms with Gasteiger partial charge in [-0.05, 0) is 25.5 Å². The fraction of sp³-hybridized carbons (Fsp3) is 0.400. The van der Waals surface area contributed by atoms with Crippen molar-refractivity contribution in [1.29, 1.82) is 0 Å². The molecule has 0 amide bonds. The van der Waals surface area contributed by atoms with Crippen molar-refractivity contribution in [2.24, 2.45) is 21.1 Å². The van der Waals surface area contributed by atoms with Crippen LogP contribution >= 0.6 is 11.6 Å². The highest BCUT2D eigenvalue weighted by Gasteiger charge is 2.34. The summed E-state index contributed by atoms with van der Waals surface area (Å²) in [5.74, 6) is 0.0224. The number of aromatic nitrogens is 6. The van der Waals surface area contributed by atoms with Crippen LogP contribution in [0.1, 0.15) is 17.0 Å². The lowest BCUT2D eigenvalue weighted by Gasteiger charge is -2.04. The minimum atomic E-state index is -4.30. The molecule has 144 valence electrons. The van der Waals surface area contributed by atoms with E-state index < -0.39 is 11.9 Å². The Balaban J connectivity index is 0.000000201. The first-order valence-corrected chi connectivity index (χ1v) is 7.69. The van der Waals surface area contributed by atoms with Crippen LogP contribution in [0, 0.1) is 13.8 Å². The van der Waals surface area contributed by atoms with Crippen molar-refractivity contribution >= 4 is 11.6 Å². The maximum Gasteiger partial charge on any atom is 0.433 e. The van der Waals surface area contributed by atoms with E-state index >= 15 is 0 Å². The van der Waals surface area contributed by atoms with Crippen LogP contribution < -0.4 is 0 Å². The highest BCUT2D eigenvalue weighted by Crippen LogP contribution is 2.28. The Morgan fingerprint density at radius 3 is 1.81 bits per heavy atom. The molecule has 0 atom stereocenters. The van der Waals surface area contributed by atoms with Crippen LogP contribution in [0.5, 0.6) is 5.75 Å².